The molecular formula is C13H21NS. The van der Waals surface area contributed by atoms with Gasteiger partial charge in [0.25, 0.3) is 0 Å². The van der Waals surface area contributed by atoms with E-state index in [1.54, 1.807) is 0 Å². The predicted molar refractivity (Wildman–Crippen MR) is 70.7 cm³/mol. The molecule has 2 heteroatoms. The Morgan fingerprint density at radius 3 is 2.67 bits per heavy atom. The summed E-state index contributed by atoms with van der Waals surface area (Å²) in [5.74, 6) is 1.21. The Morgan fingerprint density at radius 1 is 1.33 bits per heavy atom. The van der Waals surface area contributed by atoms with Crippen LogP contribution in [0.3, 0.4) is 0 Å². The average molecular weight is 223 g/mol. The van der Waals surface area contributed by atoms with Crippen molar-refractivity contribution in [1.29, 1.82) is 0 Å². The first-order chi connectivity index (χ1) is 7.19. The molecule has 15 heavy (non-hydrogen) atoms. The topological polar surface area (TPSA) is 12.0 Å². The summed E-state index contributed by atoms with van der Waals surface area (Å²) in [6, 6.07) is 7.20. The SMILES string of the molecule is CNC(CCSC)c1cc(C)ccc1C. The zero-order valence-electron chi connectivity index (χ0n) is 10.1. The van der Waals surface area contributed by atoms with Crippen LogP contribution in [-0.2, 0) is 0 Å². The van der Waals surface area contributed by atoms with Crippen molar-refractivity contribution in [3.8, 4) is 0 Å². The summed E-state index contributed by atoms with van der Waals surface area (Å²) in [6.45, 7) is 4.35. The largest absolute Gasteiger partial charge is 0.313 e. The highest BCUT2D eigenvalue weighted by atomic mass is 32.2. The molecule has 0 amide bonds. The summed E-state index contributed by atoms with van der Waals surface area (Å²) >= 11 is 1.91. The van der Waals surface area contributed by atoms with Gasteiger partial charge in [0.05, 0.1) is 0 Å². The van der Waals surface area contributed by atoms with Crippen molar-refractivity contribution < 1.29 is 0 Å². The van der Waals surface area contributed by atoms with Crippen molar-refractivity contribution in [2.75, 3.05) is 19.1 Å². The van der Waals surface area contributed by atoms with E-state index in [2.05, 4.69) is 43.6 Å². The lowest BCUT2D eigenvalue weighted by Crippen LogP contribution is -2.18. The summed E-state index contributed by atoms with van der Waals surface area (Å²) in [5, 5.41) is 3.41. The van der Waals surface area contributed by atoms with Crippen LogP contribution in [0.5, 0.6) is 0 Å². The van der Waals surface area contributed by atoms with Gasteiger partial charge in [-0.25, -0.2) is 0 Å². The molecule has 0 saturated heterocycles. The lowest BCUT2D eigenvalue weighted by molar-refractivity contribution is 0.578. The lowest BCUT2D eigenvalue weighted by atomic mass is 9.97. The normalized spacial score (nSPS) is 12.8. The van der Waals surface area contributed by atoms with Crippen molar-refractivity contribution in [3.05, 3.63) is 34.9 Å². The number of rotatable bonds is 5. The Hall–Kier alpha value is -0.470. The van der Waals surface area contributed by atoms with Gasteiger partial charge in [0, 0.05) is 6.04 Å². The second-order valence-electron chi connectivity index (χ2n) is 3.98. The van der Waals surface area contributed by atoms with Gasteiger partial charge in [-0.3, -0.25) is 0 Å². The molecule has 1 N–H and O–H groups in total. The second-order valence-corrected chi connectivity index (χ2v) is 4.97. The van der Waals surface area contributed by atoms with E-state index in [9.17, 15) is 0 Å². The van der Waals surface area contributed by atoms with Crippen molar-refractivity contribution in [2.45, 2.75) is 26.3 Å². The highest BCUT2D eigenvalue weighted by Gasteiger charge is 2.10. The van der Waals surface area contributed by atoms with E-state index >= 15 is 0 Å². The molecule has 1 unspecified atom stereocenters. The van der Waals surface area contributed by atoms with Crippen LogP contribution >= 0.6 is 11.8 Å². The molecule has 0 saturated carbocycles. The van der Waals surface area contributed by atoms with Gasteiger partial charge < -0.3 is 5.32 Å². The van der Waals surface area contributed by atoms with Gasteiger partial charge in [-0.05, 0) is 50.5 Å². The van der Waals surface area contributed by atoms with Crippen LogP contribution in [0.1, 0.15) is 29.2 Å². The molecule has 0 spiro atoms. The molecule has 0 aliphatic rings. The third-order valence-corrected chi connectivity index (χ3v) is 3.41. The zero-order valence-corrected chi connectivity index (χ0v) is 10.9. The smallest absolute Gasteiger partial charge is 0.0328 e. The molecule has 0 heterocycles. The first kappa shape index (κ1) is 12.6. The van der Waals surface area contributed by atoms with Crippen LogP contribution in [0, 0.1) is 13.8 Å². The highest BCUT2D eigenvalue weighted by Crippen LogP contribution is 2.22. The Balaban J connectivity index is 2.85. The molecule has 0 radical (unpaired) electrons. The third-order valence-electron chi connectivity index (χ3n) is 2.77. The Bertz CT molecular complexity index is 309. The monoisotopic (exact) mass is 223 g/mol. The maximum absolute atomic E-state index is 3.41. The summed E-state index contributed by atoms with van der Waals surface area (Å²) in [6.07, 6.45) is 3.36. The minimum atomic E-state index is 0.498. The number of nitrogens with one attached hydrogen (secondary N) is 1. The van der Waals surface area contributed by atoms with Gasteiger partial charge in [-0.1, -0.05) is 23.8 Å². The maximum atomic E-state index is 3.41. The fourth-order valence-electron chi connectivity index (χ4n) is 1.83. The molecule has 84 valence electrons. The Morgan fingerprint density at radius 2 is 2.07 bits per heavy atom. The van der Waals surface area contributed by atoms with Crippen LogP contribution in [-0.4, -0.2) is 19.1 Å². The quantitative estimate of drug-likeness (QED) is 0.822. The van der Waals surface area contributed by atoms with E-state index < -0.39 is 0 Å². The van der Waals surface area contributed by atoms with Crippen molar-refractivity contribution in [2.24, 2.45) is 0 Å². The van der Waals surface area contributed by atoms with Crippen LogP contribution in [0.15, 0.2) is 18.2 Å². The van der Waals surface area contributed by atoms with E-state index in [4.69, 9.17) is 0 Å². The average Bonchev–Trinajstić information content (AvgIpc) is 2.24. The van der Waals surface area contributed by atoms with Gasteiger partial charge >= 0.3 is 0 Å². The summed E-state index contributed by atoms with van der Waals surface area (Å²) in [7, 11) is 2.05. The van der Waals surface area contributed by atoms with E-state index in [0.29, 0.717) is 6.04 Å². The number of aryl methyl sites for hydroxylation is 2. The third kappa shape index (κ3) is 3.54. The number of benzene rings is 1. The van der Waals surface area contributed by atoms with Gasteiger partial charge in [-0.2, -0.15) is 11.8 Å². The van der Waals surface area contributed by atoms with Crippen LogP contribution in [0.4, 0.5) is 0 Å². The zero-order chi connectivity index (χ0) is 11.3. The van der Waals surface area contributed by atoms with Gasteiger partial charge in [-0.15, -0.1) is 0 Å². The fourth-order valence-corrected chi connectivity index (χ4v) is 2.30. The van der Waals surface area contributed by atoms with Gasteiger partial charge in [0.1, 0.15) is 0 Å². The van der Waals surface area contributed by atoms with E-state index in [1.165, 1.54) is 28.9 Å². The summed E-state index contributed by atoms with van der Waals surface area (Å²) in [4.78, 5) is 0. The molecule has 0 aromatic heterocycles. The Kier molecular flexibility index (Phi) is 5.20. The van der Waals surface area contributed by atoms with E-state index in [-0.39, 0.29) is 0 Å². The molecule has 1 aromatic carbocycles. The molecule has 0 aliphatic heterocycles. The van der Waals surface area contributed by atoms with Gasteiger partial charge in [0.2, 0.25) is 0 Å². The number of thioether (sulfide) groups is 1. The molecule has 0 aliphatic carbocycles. The minimum absolute atomic E-state index is 0.498. The van der Waals surface area contributed by atoms with Gasteiger partial charge in [0.15, 0.2) is 0 Å². The molecule has 1 nitrogen and oxygen atoms in total. The van der Waals surface area contributed by atoms with Crippen molar-refractivity contribution in [3.63, 3.8) is 0 Å². The minimum Gasteiger partial charge on any atom is -0.313 e. The molecule has 0 bridgehead atoms. The van der Waals surface area contributed by atoms with Crippen LogP contribution in [0.25, 0.3) is 0 Å². The highest BCUT2D eigenvalue weighted by molar-refractivity contribution is 7.98. The maximum Gasteiger partial charge on any atom is 0.0328 e. The summed E-state index contributed by atoms with van der Waals surface area (Å²) in [5.41, 5.74) is 4.19. The standard InChI is InChI=1S/C13H21NS/c1-10-5-6-11(2)12(9-10)13(14-3)7-8-15-4/h5-6,9,13-14H,7-8H2,1-4H3. The number of hydrogen-bond donors (Lipinski definition) is 1. The van der Waals surface area contributed by atoms with E-state index in [0.717, 1.165) is 0 Å². The predicted octanol–water partition coefficient (Wildman–Crippen LogP) is 3.32. The molecule has 1 aromatic rings. The van der Waals surface area contributed by atoms with Crippen molar-refractivity contribution in [1.82, 2.24) is 5.32 Å². The lowest BCUT2D eigenvalue weighted by Gasteiger charge is -2.19. The second kappa shape index (κ2) is 6.19. The first-order valence-corrected chi connectivity index (χ1v) is 6.81. The van der Waals surface area contributed by atoms with Crippen LogP contribution < -0.4 is 5.32 Å². The summed E-state index contributed by atoms with van der Waals surface area (Å²) < 4.78 is 0. The van der Waals surface area contributed by atoms with E-state index in [1.807, 2.05) is 18.8 Å². The van der Waals surface area contributed by atoms with Crippen LogP contribution in [0.2, 0.25) is 0 Å². The molecular weight excluding hydrogens is 202 g/mol. The Labute approximate surface area is 97.7 Å². The molecule has 1 rings (SSSR count). The number of hydrogen-bond acceptors (Lipinski definition) is 2. The first-order valence-electron chi connectivity index (χ1n) is 5.42. The fraction of sp³-hybridized carbons (Fsp3) is 0.538. The molecule has 0 fully saturated rings. The molecule has 1 atom stereocenters. The van der Waals surface area contributed by atoms with Crippen molar-refractivity contribution >= 4 is 11.8 Å².